The first-order chi connectivity index (χ1) is 19.1. The number of benzene rings is 1. The normalized spacial score (nSPS) is 12.1. The van der Waals surface area contributed by atoms with Crippen LogP contribution < -0.4 is 15.4 Å². The van der Waals surface area contributed by atoms with Crippen LogP contribution in [-0.4, -0.2) is 53.3 Å². The van der Waals surface area contributed by atoms with Crippen LogP contribution in [0.3, 0.4) is 0 Å². The van der Waals surface area contributed by atoms with Gasteiger partial charge in [0.25, 0.3) is 0 Å². The smallest absolute Gasteiger partial charge is 0.418 e. The summed E-state index contributed by atoms with van der Waals surface area (Å²) in [5.41, 5.74) is 1.65. The largest absolute Gasteiger partial charge is 0.493 e. The van der Waals surface area contributed by atoms with E-state index in [1.54, 1.807) is 7.11 Å². The van der Waals surface area contributed by atoms with Gasteiger partial charge >= 0.3 is 6.18 Å². The molecule has 0 saturated carbocycles. The van der Waals surface area contributed by atoms with Crippen LogP contribution in [0.4, 0.5) is 24.7 Å². The van der Waals surface area contributed by atoms with Gasteiger partial charge in [-0.3, -0.25) is 4.98 Å². The minimum atomic E-state index is -4.55. The van der Waals surface area contributed by atoms with Crippen molar-refractivity contribution in [1.29, 1.82) is 0 Å². The zero-order valence-corrected chi connectivity index (χ0v) is 23.0. The van der Waals surface area contributed by atoms with Gasteiger partial charge in [0.2, 0.25) is 0 Å². The van der Waals surface area contributed by atoms with Gasteiger partial charge in [-0.05, 0) is 48.2 Å². The van der Waals surface area contributed by atoms with E-state index in [0.29, 0.717) is 30.1 Å². The molecule has 0 bridgehead atoms. The third-order valence-electron chi connectivity index (χ3n) is 6.15. The highest BCUT2D eigenvalue weighted by atomic mass is 19.4. The molecule has 0 spiro atoms. The molecule has 0 aliphatic carbocycles. The van der Waals surface area contributed by atoms with E-state index in [0.717, 1.165) is 42.6 Å². The van der Waals surface area contributed by atoms with Gasteiger partial charge < -0.3 is 20.1 Å². The van der Waals surface area contributed by atoms with E-state index in [-0.39, 0.29) is 16.7 Å². The number of rotatable bonds is 11. The van der Waals surface area contributed by atoms with Crippen LogP contribution in [0.5, 0.6) is 5.75 Å². The molecule has 1 aromatic carbocycles. The molecule has 0 atom stereocenters. The molecule has 0 radical (unpaired) electrons. The summed E-state index contributed by atoms with van der Waals surface area (Å²) in [5, 5.41) is 6.58. The lowest BCUT2D eigenvalue weighted by atomic mass is 9.86. The van der Waals surface area contributed by atoms with E-state index in [1.165, 1.54) is 30.9 Å². The Balaban J connectivity index is 1.57. The molecule has 0 saturated heterocycles. The monoisotopic (exact) mass is 554 g/mol. The molecule has 0 aliphatic heterocycles. The van der Waals surface area contributed by atoms with Gasteiger partial charge in [-0.1, -0.05) is 26.8 Å². The van der Waals surface area contributed by atoms with Gasteiger partial charge in [-0.15, -0.1) is 0 Å². The maximum Gasteiger partial charge on any atom is 0.418 e. The number of pyridine rings is 2. The van der Waals surface area contributed by atoms with Crippen LogP contribution in [0.1, 0.15) is 38.3 Å². The second-order valence-electron chi connectivity index (χ2n) is 10.2. The minimum absolute atomic E-state index is 0.134. The molecule has 0 amide bonds. The fraction of sp³-hybridized carbons (Fsp3) is 0.379. The average Bonchev–Trinajstić information content (AvgIpc) is 2.91. The second kappa shape index (κ2) is 12.6. The second-order valence-corrected chi connectivity index (χ2v) is 10.2. The number of nitrogens with zero attached hydrogens (tertiary/aromatic N) is 4. The fourth-order valence-corrected chi connectivity index (χ4v) is 4.18. The quantitative estimate of drug-likeness (QED) is 0.213. The predicted molar refractivity (Wildman–Crippen MR) is 149 cm³/mol. The number of anilines is 2. The van der Waals surface area contributed by atoms with Crippen LogP contribution >= 0.6 is 0 Å². The van der Waals surface area contributed by atoms with Gasteiger partial charge in [0.1, 0.15) is 17.6 Å². The van der Waals surface area contributed by atoms with Gasteiger partial charge in [-0.2, -0.15) is 13.2 Å². The minimum Gasteiger partial charge on any atom is -0.493 e. The van der Waals surface area contributed by atoms with Crippen molar-refractivity contribution in [3.8, 4) is 17.0 Å². The van der Waals surface area contributed by atoms with E-state index in [4.69, 9.17) is 9.47 Å². The Bertz CT molecular complexity index is 1440. The maximum absolute atomic E-state index is 13.5. The lowest BCUT2D eigenvalue weighted by molar-refractivity contribution is -0.137. The van der Waals surface area contributed by atoms with E-state index >= 15 is 0 Å². The van der Waals surface area contributed by atoms with Crippen molar-refractivity contribution in [3.05, 3.63) is 66.2 Å². The summed E-state index contributed by atoms with van der Waals surface area (Å²) in [5.74, 6) is 1.18. The summed E-state index contributed by atoms with van der Waals surface area (Å²) in [6.07, 6.45) is 0.306. The average molecular weight is 555 g/mol. The third-order valence-corrected chi connectivity index (χ3v) is 6.15. The van der Waals surface area contributed by atoms with E-state index in [2.05, 4.69) is 51.3 Å². The molecule has 3 aromatic heterocycles. The summed E-state index contributed by atoms with van der Waals surface area (Å²) in [6.45, 7) is 9.18. The summed E-state index contributed by atoms with van der Waals surface area (Å²) in [7, 11) is 1.67. The molecular formula is C29H33F3N6O2. The zero-order chi connectivity index (χ0) is 28.8. The number of methoxy groups -OCH3 is 1. The molecule has 0 aliphatic rings. The zero-order valence-electron chi connectivity index (χ0n) is 23.0. The van der Waals surface area contributed by atoms with E-state index < -0.39 is 11.7 Å². The summed E-state index contributed by atoms with van der Waals surface area (Å²) in [4.78, 5) is 16.9. The standard InChI is InChI=1S/C29H33F3N6O2/c1-28(2,3)21-9-8-20(16-24(21)40-13-6-10-33-12-14-39-4)38-27-26-23(36-18-37-27)15-19(17-35-26)25-22(29(30,31)32)7-5-11-34-25/h5,7-9,11,15-18,33H,6,10,12-14H2,1-4H3,(H,36,37,38). The highest BCUT2D eigenvalue weighted by Gasteiger charge is 2.34. The highest BCUT2D eigenvalue weighted by molar-refractivity contribution is 5.89. The van der Waals surface area contributed by atoms with Gasteiger partial charge in [-0.25, -0.2) is 15.0 Å². The summed E-state index contributed by atoms with van der Waals surface area (Å²) >= 11 is 0. The molecule has 0 unspecified atom stereocenters. The molecular weight excluding hydrogens is 521 g/mol. The van der Waals surface area contributed by atoms with E-state index in [9.17, 15) is 13.2 Å². The molecule has 212 valence electrons. The van der Waals surface area contributed by atoms with Crippen LogP contribution in [-0.2, 0) is 16.3 Å². The topological polar surface area (TPSA) is 94.1 Å². The molecule has 11 heteroatoms. The lowest BCUT2D eigenvalue weighted by Gasteiger charge is -2.24. The number of nitrogens with one attached hydrogen (secondary N) is 2. The van der Waals surface area contributed by atoms with E-state index in [1.807, 2.05) is 18.2 Å². The molecule has 40 heavy (non-hydrogen) atoms. The Morgan fingerprint density at radius 3 is 2.48 bits per heavy atom. The molecule has 2 N–H and O–H groups in total. The Morgan fingerprint density at radius 1 is 0.900 bits per heavy atom. The van der Waals surface area contributed by atoms with Crippen molar-refractivity contribution >= 4 is 22.5 Å². The number of hydrogen-bond donors (Lipinski definition) is 2. The number of ether oxygens (including phenoxy) is 2. The fourth-order valence-electron chi connectivity index (χ4n) is 4.18. The molecule has 4 rings (SSSR count). The van der Waals surface area contributed by atoms with Gasteiger partial charge in [0, 0.05) is 43.4 Å². The summed E-state index contributed by atoms with van der Waals surface area (Å²) in [6, 6.07) is 9.66. The molecule has 0 fully saturated rings. The van der Waals surface area contributed by atoms with Crippen LogP contribution in [0.15, 0.2) is 55.1 Å². The van der Waals surface area contributed by atoms with Crippen molar-refractivity contribution in [2.24, 2.45) is 0 Å². The van der Waals surface area contributed by atoms with Gasteiger partial charge in [0.15, 0.2) is 5.82 Å². The highest BCUT2D eigenvalue weighted by Crippen LogP contribution is 2.37. The van der Waals surface area contributed by atoms with Crippen LogP contribution in [0.25, 0.3) is 22.3 Å². The van der Waals surface area contributed by atoms with Crippen molar-refractivity contribution in [1.82, 2.24) is 25.3 Å². The maximum atomic E-state index is 13.5. The number of alkyl halides is 3. The Morgan fingerprint density at radius 2 is 1.73 bits per heavy atom. The first kappa shape index (κ1) is 29.2. The summed E-state index contributed by atoms with van der Waals surface area (Å²) < 4.78 is 51.8. The Labute approximate surface area is 231 Å². The van der Waals surface area contributed by atoms with Gasteiger partial charge in [0.05, 0.1) is 30.0 Å². The Kier molecular flexibility index (Phi) is 9.16. The van der Waals surface area contributed by atoms with Crippen molar-refractivity contribution in [3.63, 3.8) is 0 Å². The lowest BCUT2D eigenvalue weighted by Crippen LogP contribution is -2.22. The molecule has 8 nitrogen and oxygen atoms in total. The predicted octanol–water partition coefficient (Wildman–Crippen LogP) is 6.15. The SMILES string of the molecule is COCCNCCCOc1cc(Nc2ncnc3cc(-c4ncccc4C(F)(F)F)cnc23)ccc1C(C)(C)C. The first-order valence-corrected chi connectivity index (χ1v) is 13.0. The third kappa shape index (κ3) is 7.22. The molecule has 4 aromatic rings. The number of hydrogen-bond acceptors (Lipinski definition) is 8. The molecule has 3 heterocycles. The van der Waals surface area contributed by atoms with Crippen molar-refractivity contribution < 1.29 is 22.6 Å². The number of halogens is 3. The number of fused-ring (bicyclic) bond motifs is 1. The van der Waals surface area contributed by atoms with Crippen molar-refractivity contribution in [2.75, 3.05) is 38.7 Å². The van der Waals surface area contributed by atoms with Crippen LogP contribution in [0, 0.1) is 0 Å². The van der Waals surface area contributed by atoms with Crippen molar-refractivity contribution in [2.45, 2.75) is 38.8 Å². The van der Waals surface area contributed by atoms with Crippen LogP contribution in [0.2, 0.25) is 0 Å². The number of aromatic nitrogens is 4. The Hall–Kier alpha value is -3.83. The first-order valence-electron chi connectivity index (χ1n) is 13.0.